The van der Waals surface area contributed by atoms with Gasteiger partial charge in [0.05, 0.1) is 5.39 Å². The number of aryl methyl sites for hydroxylation is 1. The van der Waals surface area contributed by atoms with Crippen LogP contribution in [0.3, 0.4) is 0 Å². The predicted molar refractivity (Wildman–Crippen MR) is 91.7 cm³/mol. The molecule has 3 nitrogen and oxygen atoms in total. The molecule has 0 unspecified atom stereocenters. The Morgan fingerprint density at radius 3 is 2.50 bits per heavy atom. The third-order valence-corrected chi connectivity index (χ3v) is 3.95. The number of aromatic nitrogens is 1. The van der Waals surface area contributed by atoms with Gasteiger partial charge in [-0.25, -0.2) is 0 Å². The summed E-state index contributed by atoms with van der Waals surface area (Å²) in [5.41, 5.74) is 3.06. The molecule has 0 saturated carbocycles. The first-order valence-electron chi connectivity index (χ1n) is 7.62. The number of nitrogens with one attached hydrogen (secondary N) is 1. The van der Waals surface area contributed by atoms with E-state index < -0.39 is 0 Å². The van der Waals surface area contributed by atoms with Crippen LogP contribution in [0.2, 0.25) is 0 Å². The van der Waals surface area contributed by atoms with Crippen LogP contribution in [0.15, 0.2) is 59.4 Å². The zero-order chi connectivity index (χ0) is 15.5. The maximum absolute atomic E-state index is 13.1. The summed E-state index contributed by atoms with van der Waals surface area (Å²) in [6.07, 6.45) is 0.816. The molecule has 1 aromatic heterocycles. The van der Waals surface area contributed by atoms with Crippen molar-refractivity contribution >= 4 is 10.8 Å². The highest BCUT2D eigenvalue weighted by molar-refractivity contribution is 5.85. The Bertz CT molecular complexity index is 850. The minimum Gasteiger partial charge on any atom is -0.316 e. The van der Waals surface area contributed by atoms with Crippen molar-refractivity contribution in [3.8, 4) is 5.69 Å². The predicted octanol–water partition coefficient (Wildman–Crippen LogP) is 3.27. The lowest BCUT2D eigenvalue weighted by Gasteiger charge is -2.15. The van der Waals surface area contributed by atoms with Crippen LogP contribution in [0.1, 0.15) is 18.2 Å². The molecule has 3 rings (SSSR count). The average Bonchev–Trinajstić information content (AvgIpc) is 2.55. The van der Waals surface area contributed by atoms with Crippen LogP contribution in [-0.2, 0) is 13.0 Å². The van der Waals surface area contributed by atoms with E-state index in [0.717, 1.165) is 34.1 Å². The molecule has 0 bridgehead atoms. The van der Waals surface area contributed by atoms with Crippen LogP contribution in [0, 0.1) is 0 Å². The number of rotatable bonds is 4. The molecule has 2 aromatic carbocycles. The lowest BCUT2D eigenvalue weighted by Crippen LogP contribution is -2.23. The smallest absolute Gasteiger partial charge is 0.263 e. The first-order chi connectivity index (χ1) is 10.8. The fourth-order valence-corrected chi connectivity index (χ4v) is 2.95. The highest BCUT2D eigenvalue weighted by Crippen LogP contribution is 2.19. The van der Waals surface area contributed by atoms with E-state index in [1.54, 1.807) is 0 Å². The summed E-state index contributed by atoms with van der Waals surface area (Å²) in [5, 5.41) is 4.96. The first kappa shape index (κ1) is 14.5. The summed E-state index contributed by atoms with van der Waals surface area (Å²) in [6.45, 7) is 2.77. The molecule has 0 amide bonds. The molecular weight excluding hydrogens is 272 g/mol. The largest absolute Gasteiger partial charge is 0.316 e. The number of fused-ring (bicyclic) bond motifs is 1. The van der Waals surface area contributed by atoms with E-state index in [1.165, 1.54) is 0 Å². The standard InChI is InChI=1S/C19H20N2O/c1-3-16-12-14-8-7-9-15(13-20-2)18(14)19(22)21(16)17-10-5-4-6-11-17/h4-12,20H,3,13H2,1-2H3. The minimum absolute atomic E-state index is 0.0615. The summed E-state index contributed by atoms with van der Waals surface area (Å²) < 4.78 is 1.83. The summed E-state index contributed by atoms with van der Waals surface area (Å²) in [5.74, 6) is 0. The lowest BCUT2D eigenvalue weighted by molar-refractivity contribution is 0.819. The normalized spacial score (nSPS) is 11.0. The van der Waals surface area contributed by atoms with Gasteiger partial charge >= 0.3 is 0 Å². The molecule has 1 heterocycles. The number of benzene rings is 2. The molecule has 0 aliphatic rings. The van der Waals surface area contributed by atoms with Crippen molar-refractivity contribution < 1.29 is 0 Å². The molecule has 0 spiro atoms. The Morgan fingerprint density at radius 1 is 1.05 bits per heavy atom. The van der Waals surface area contributed by atoms with E-state index >= 15 is 0 Å². The number of para-hydroxylation sites is 1. The lowest BCUT2D eigenvalue weighted by atomic mass is 10.0. The van der Waals surface area contributed by atoms with Gasteiger partial charge in [-0.3, -0.25) is 9.36 Å². The molecule has 0 aliphatic carbocycles. The third kappa shape index (κ3) is 2.44. The van der Waals surface area contributed by atoms with E-state index in [-0.39, 0.29) is 5.56 Å². The van der Waals surface area contributed by atoms with Crippen molar-refractivity contribution in [2.75, 3.05) is 7.05 Å². The Morgan fingerprint density at radius 2 is 1.82 bits per heavy atom. The molecule has 0 fully saturated rings. The molecule has 1 N–H and O–H groups in total. The van der Waals surface area contributed by atoms with Gasteiger partial charge in [-0.15, -0.1) is 0 Å². The molecule has 0 aliphatic heterocycles. The molecule has 0 atom stereocenters. The topological polar surface area (TPSA) is 34.0 Å². The van der Waals surface area contributed by atoms with Gasteiger partial charge in [-0.05, 0) is 42.6 Å². The van der Waals surface area contributed by atoms with Crippen molar-refractivity contribution in [3.05, 3.63) is 76.2 Å². The second-order valence-corrected chi connectivity index (χ2v) is 5.38. The quantitative estimate of drug-likeness (QED) is 0.801. The summed E-state index contributed by atoms with van der Waals surface area (Å²) in [7, 11) is 1.90. The Labute approximate surface area is 130 Å². The van der Waals surface area contributed by atoms with Gasteiger partial charge in [0.2, 0.25) is 0 Å². The summed E-state index contributed by atoms with van der Waals surface area (Å²) in [4.78, 5) is 13.1. The Kier molecular flexibility index (Phi) is 4.07. The average molecular weight is 292 g/mol. The van der Waals surface area contributed by atoms with E-state index in [1.807, 2.05) is 60.1 Å². The van der Waals surface area contributed by atoms with Gasteiger partial charge in [0.15, 0.2) is 0 Å². The highest BCUT2D eigenvalue weighted by Gasteiger charge is 2.12. The van der Waals surface area contributed by atoms with Crippen LogP contribution in [-0.4, -0.2) is 11.6 Å². The molecule has 112 valence electrons. The SMILES string of the molecule is CCc1cc2cccc(CNC)c2c(=O)n1-c1ccccc1. The van der Waals surface area contributed by atoms with Crippen molar-refractivity contribution in [2.24, 2.45) is 0 Å². The monoisotopic (exact) mass is 292 g/mol. The van der Waals surface area contributed by atoms with Crippen LogP contribution in [0.5, 0.6) is 0 Å². The minimum atomic E-state index is 0.0615. The van der Waals surface area contributed by atoms with Gasteiger partial charge in [0.1, 0.15) is 0 Å². The molecule has 0 saturated heterocycles. The number of hydrogen-bond acceptors (Lipinski definition) is 2. The van der Waals surface area contributed by atoms with Crippen LogP contribution < -0.4 is 10.9 Å². The van der Waals surface area contributed by atoms with Gasteiger partial charge < -0.3 is 5.32 Å². The van der Waals surface area contributed by atoms with Gasteiger partial charge in [0.25, 0.3) is 5.56 Å². The van der Waals surface area contributed by atoms with Crippen LogP contribution in [0.25, 0.3) is 16.5 Å². The number of hydrogen-bond donors (Lipinski definition) is 1. The Hall–Kier alpha value is -2.39. The molecule has 3 aromatic rings. The Balaban J connectivity index is 2.39. The van der Waals surface area contributed by atoms with Gasteiger partial charge in [0, 0.05) is 17.9 Å². The number of nitrogens with zero attached hydrogens (tertiary/aromatic N) is 1. The zero-order valence-corrected chi connectivity index (χ0v) is 13.0. The third-order valence-electron chi connectivity index (χ3n) is 3.95. The molecule has 3 heteroatoms. The van der Waals surface area contributed by atoms with E-state index in [4.69, 9.17) is 0 Å². The van der Waals surface area contributed by atoms with Crippen molar-refractivity contribution in [3.63, 3.8) is 0 Å². The molecule has 22 heavy (non-hydrogen) atoms. The second kappa shape index (κ2) is 6.16. The zero-order valence-electron chi connectivity index (χ0n) is 13.0. The van der Waals surface area contributed by atoms with Gasteiger partial charge in [-0.1, -0.05) is 43.3 Å². The number of pyridine rings is 1. The highest BCUT2D eigenvalue weighted by atomic mass is 16.1. The summed E-state index contributed by atoms with van der Waals surface area (Å²) in [6, 6.07) is 18.0. The fraction of sp³-hybridized carbons (Fsp3) is 0.211. The maximum Gasteiger partial charge on any atom is 0.263 e. The van der Waals surface area contributed by atoms with Crippen molar-refractivity contribution in [1.82, 2.24) is 9.88 Å². The van der Waals surface area contributed by atoms with Crippen molar-refractivity contribution in [1.29, 1.82) is 0 Å². The van der Waals surface area contributed by atoms with E-state index in [9.17, 15) is 4.79 Å². The van der Waals surface area contributed by atoms with Crippen LogP contribution >= 0.6 is 0 Å². The second-order valence-electron chi connectivity index (χ2n) is 5.38. The van der Waals surface area contributed by atoms with E-state index in [2.05, 4.69) is 18.3 Å². The van der Waals surface area contributed by atoms with Gasteiger partial charge in [-0.2, -0.15) is 0 Å². The maximum atomic E-state index is 13.1. The molecule has 0 radical (unpaired) electrons. The molecular formula is C19H20N2O. The fourth-order valence-electron chi connectivity index (χ4n) is 2.95. The summed E-state index contributed by atoms with van der Waals surface area (Å²) >= 11 is 0. The first-order valence-corrected chi connectivity index (χ1v) is 7.62. The van der Waals surface area contributed by atoms with Crippen molar-refractivity contribution in [2.45, 2.75) is 19.9 Å². The van der Waals surface area contributed by atoms with Crippen LogP contribution in [0.4, 0.5) is 0 Å². The van der Waals surface area contributed by atoms with E-state index in [0.29, 0.717) is 6.54 Å².